The van der Waals surface area contributed by atoms with Crippen molar-refractivity contribution in [1.29, 1.82) is 0 Å². The van der Waals surface area contributed by atoms with E-state index < -0.39 is 41.3 Å². The molecule has 3 rings (SSSR count). The van der Waals surface area contributed by atoms with Crippen LogP contribution in [0.2, 0.25) is 0 Å². The molecule has 2 saturated heterocycles. The summed E-state index contributed by atoms with van der Waals surface area (Å²) in [7, 11) is 3.88. The van der Waals surface area contributed by atoms with Crippen molar-refractivity contribution in [2.45, 2.75) is 24.4 Å². The summed E-state index contributed by atoms with van der Waals surface area (Å²) in [6.45, 7) is 0. The minimum Gasteiger partial charge on any atom is -0.469 e. The smallest absolute Gasteiger partial charge is 0.326 e. The zero-order chi connectivity index (χ0) is 20.6. The number of ether oxygens (including phenoxy) is 2. The molecule has 2 amide bonds. The Morgan fingerprint density at radius 3 is 2.36 bits per heavy atom. The molecule has 0 radical (unpaired) electrons. The van der Waals surface area contributed by atoms with Gasteiger partial charge in [0.25, 0.3) is 0 Å². The molecule has 0 bridgehead atoms. The molecule has 0 aliphatic carbocycles. The largest absolute Gasteiger partial charge is 0.469 e. The van der Waals surface area contributed by atoms with E-state index in [-0.39, 0.29) is 18.7 Å². The third-order valence-corrected chi connectivity index (χ3v) is 6.13. The number of nitrogens with zero attached hydrogens (tertiary/aromatic N) is 1. The van der Waals surface area contributed by atoms with Gasteiger partial charge in [0.05, 0.1) is 26.1 Å². The lowest BCUT2D eigenvalue weighted by atomic mass is 9.77. The molecule has 1 N–H and O–H groups in total. The van der Waals surface area contributed by atoms with Crippen LogP contribution < -0.4 is 5.32 Å². The number of carbonyl (C=O) groups excluding carboxylic acids is 4. The van der Waals surface area contributed by atoms with E-state index in [0.717, 1.165) is 14.9 Å². The van der Waals surface area contributed by atoms with Crippen LogP contribution in [0.25, 0.3) is 0 Å². The van der Waals surface area contributed by atoms with Crippen molar-refractivity contribution in [1.82, 2.24) is 10.2 Å². The first-order valence-electron chi connectivity index (χ1n) is 8.76. The number of hydrogen-bond acceptors (Lipinski definition) is 7. The topological polar surface area (TPSA) is 102 Å². The fraction of sp³-hybridized carbons (Fsp3) is 0.474. The lowest BCUT2D eigenvalue weighted by Crippen LogP contribution is -2.56. The van der Waals surface area contributed by atoms with E-state index in [9.17, 15) is 19.2 Å². The number of amides is 2. The van der Waals surface area contributed by atoms with Gasteiger partial charge in [-0.05, 0) is 24.1 Å². The van der Waals surface area contributed by atoms with Crippen molar-refractivity contribution in [2.75, 3.05) is 21.3 Å². The maximum Gasteiger partial charge on any atom is 0.326 e. The first kappa shape index (κ1) is 20.5. The maximum absolute atomic E-state index is 12.9. The molecule has 150 valence electrons. The summed E-state index contributed by atoms with van der Waals surface area (Å²) in [5, 5.41) is 3.19. The molecule has 1 aromatic carbocycles. The molecular weight excluding hydrogens is 432 g/mol. The van der Waals surface area contributed by atoms with Crippen molar-refractivity contribution >= 4 is 39.7 Å². The van der Waals surface area contributed by atoms with E-state index in [2.05, 4.69) is 26.0 Å². The Kier molecular flexibility index (Phi) is 5.58. The van der Waals surface area contributed by atoms with E-state index in [0.29, 0.717) is 0 Å². The highest BCUT2D eigenvalue weighted by Gasteiger charge is 2.68. The third kappa shape index (κ3) is 3.12. The molecule has 1 aromatic rings. The molecule has 4 atom stereocenters. The Labute approximate surface area is 170 Å². The van der Waals surface area contributed by atoms with E-state index in [1.165, 1.54) is 21.3 Å². The van der Waals surface area contributed by atoms with Gasteiger partial charge in [-0.3, -0.25) is 29.4 Å². The van der Waals surface area contributed by atoms with Gasteiger partial charge in [-0.2, -0.15) is 0 Å². The van der Waals surface area contributed by atoms with E-state index >= 15 is 0 Å². The van der Waals surface area contributed by atoms with Crippen molar-refractivity contribution < 1.29 is 28.7 Å². The fourth-order valence-electron chi connectivity index (χ4n) is 4.21. The number of nitrogens with one attached hydrogen (secondary N) is 1. The number of hydrogen-bond donors (Lipinski definition) is 1. The SMILES string of the molecule is COC(=O)CC[C@]1(C(=O)OC)N[C@@H](c2ccc(Br)cc2)[C@H]2C(=O)N(C)C(=O)[C@H]21. The van der Waals surface area contributed by atoms with Crippen LogP contribution in [0.5, 0.6) is 0 Å². The van der Waals surface area contributed by atoms with Gasteiger partial charge >= 0.3 is 11.9 Å². The van der Waals surface area contributed by atoms with Crippen LogP contribution in [0.3, 0.4) is 0 Å². The first-order chi connectivity index (χ1) is 13.3. The number of halogens is 1. The van der Waals surface area contributed by atoms with Crippen LogP contribution in [0.1, 0.15) is 24.4 Å². The number of imide groups is 1. The molecule has 2 aliphatic rings. The zero-order valence-electron chi connectivity index (χ0n) is 15.7. The summed E-state index contributed by atoms with van der Waals surface area (Å²) in [5.41, 5.74) is -0.735. The second-order valence-electron chi connectivity index (χ2n) is 6.95. The van der Waals surface area contributed by atoms with Crippen LogP contribution >= 0.6 is 15.9 Å². The van der Waals surface area contributed by atoms with Crippen LogP contribution in [0.15, 0.2) is 28.7 Å². The van der Waals surface area contributed by atoms with Gasteiger partial charge in [-0.15, -0.1) is 0 Å². The predicted molar refractivity (Wildman–Crippen MR) is 101 cm³/mol. The van der Waals surface area contributed by atoms with Crippen molar-refractivity contribution in [2.24, 2.45) is 11.8 Å². The maximum atomic E-state index is 12.9. The summed E-state index contributed by atoms with van der Waals surface area (Å²) in [6.07, 6.45) is -0.118. The van der Waals surface area contributed by atoms with Gasteiger partial charge in [-0.25, -0.2) is 0 Å². The van der Waals surface area contributed by atoms with Crippen molar-refractivity contribution in [3.05, 3.63) is 34.3 Å². The minimum atomic E-state index is -1.50. The number of methoxy groups -OCH3 is 2. The molecule has 2 aliphatic heterocycles. The quantitative estimate of drug-likeness (QED) is 0.528. The average molecular weight is 453 g/mol. The third-order valence-electron chi connectivity index (χ3n) is 5.60. The average Bonchev–Trinajstić information content (AvgIpc) is 3.16. The summed E-state index contributed by atoms with van der Waals surface area (Å²) < 4.78 is 10.5. The summed E-state index contributed by atoms with van der Waals surface area (Å²) in [4.78, 5) is 51.4. The van der Waals surface area contributed by atoms with Gasteiger partial charge in [0.15, 0.2) is 0 Å². The zero-order valence-corrected chi connectivity index (χ0v) is 17.3. The van der Waals surface area contributed by atoms with E-state index in [4.69, 9.17) is 4.74 Å². The standard InChI is InChI=1S/C19H21BrN2O6/c1-22-16(24)13-14(17(22)25)19(18(26)28-3,9-8-12(23)27-2)21-15(13)10-4-6-11(20)7-5-10/h4-7,13-15,21H,8-9H2,1-3H3/t13-,14-,15-,19-/m0/s1. The summed E-state index contributed by atoms with van der Waals surface area (Å²) in [5.74, 6) is -3.75. The number of benzene rings is 1. The number of likely N-dealkylation sites (tertiary alicyclic amines) is 1. The Balaban J connectivity index is 2.09. The second-order valence-corrected chi connectivity index (χ2v) is 7.87. The molecule has 9 heteroatoms. The van der Waals surface area contributed by atoms with Gasteiger partial charge in [0.1, 0.15) is 5.54 Å². The normalized spacial score (nSPS) is 29.0. The monoisotopic (exact) mass is 452 g/mol. The molecule has 28 heavy (non-hydrogen) atoms. The Hall–Kier alpha value is -2.26. The Morgan fingerprint density at radius 1 is 1.14 bits per heavy atom. The van der Waals surface area contributed by atoms with Crippen LogP contribution in [0.4, 0.5) is 0 Å². The van der Waals surface area contributed by atoms with Crippen LogP contribution in [-0.2, 0) is 28.7 Å². The Bertz CT molecular complexity index is 826. The molecular formula is C19H21BrN2O6. The highest BCUT2D eigenvalue weighted by Crippen LogP contribution is 2.50. The van der Waals surface area contributed by atoms with Gasteiger partial charge < -0.3 is 9.47 Å². The number of carbonyl (C=O) groups is 4. The molecule has 0 unspecified atom stereocenters. The van der Waals surface area contributed by atoms with Crippen LogP contribution in [0, 0.1) is 11.8 Å². The van der Waals surface area contributed by atoms with Gasteiger partial charge in [-0.1, -0.05) is 28.1 Å². The molecule has 0 saturated carbocycles. The molecule has 2 fully saturated rings. The summed E-state index contributed by atoms with van der Waals surface area (Å²) in [6, 6.07) is 6.72. The van der Waals surface area contributed by atoms with Gasteiger partial charge in [0.2, 0.25) is 11.8 Å². The Morgan fingerprint density at radius 2 is 1.79 bits per heavy atom. The number of esters is 2. The highest BCUT2D eigenvalue weighted by atomic mass is 79.9. The van der Waals surface area contributed by atoms with E-state index in [1.807, 2.05) is 24.3 Å². The minimum absolute atomic E-state index is 0.0204. The molecule has 2 heterocycles. The van der Waals surface area contributed by atoms with Crippen molar-refractivity contribution in [3.63, 3.8) is 0 Å². The fourth-order valence-corrected chi connectivity index (χ4v) is 4.47. The lowest BCUT2D eigenvalue weighted by molar-refractivity contribution is -0.155. The highest BCUT2D eigenvalue weighted by molar-refractivity contribution is 9.10. The molecule has 0 spiro atoms. The summed E-state index contributed by atoms with van der Waals surface area (Å²) >= 11 is 3.37. The lowest BCUT2D eigenvalue weighted by Gasteiger charge is -2.31. The van der Waals surface area contributed by atoms with Crippen molar-refractivity contribution in [3.8, 4) is 0 Å². The molecule has 0 aromatic heterocycles. The predicted octanol–water partition coefficient (Wildman–Crippen LogP) is 1.19. The van der Waals surface area contributed by atoms with E-state index in [1.54, 1.807) is 0 Å². The first-order valence-corrected chi connectivity index (χ1v) is 9.56. The number of rotatable bonds is 5. The van der Waals surface area contributed by atoms with Gasteiger partial charge in [0, 0.05) is 24.0 Å². The van der Waals surface area contributed by atoms with Crippen LogP contribution in [-0.4, -0.2) is 55.5 Å². The molecule has 8 nitrogen and oxygen atoms in total. The number of fused-ring (bicyclic) bond motifs is 1. The second kappa shape index (κ2) is 7.63.